The van der Waals surface area contributed by atoms with E-state index in [1.807, 2.05) is 0 Å². The first kappa shape index (κ1) is 15.4. The molecule has 4 nitrogen and oxygen atoms in total. The van der Waals surface area contributed by atoms with E-state index in [9.17, 15) is 18.4 Å². The van der Waals surface area contributed by atoms with Crippen LogP contribution in [0.5, 0.6) is 0 Å². The van der Waals surface area contributed by atoms with E-state index < -0.39 is 35.3 Å². The Kier molecular flexibility index (Phi) is 4.55. The van der Waals surface area contributed by atoms with Gasteiger partial charge in [0, 0.05) is 11.6 Å². The summed E-state index contributed by atoms with van der Waals surface area (Å²) < 4.78 is 27.3. The Hall–Kier alpha value is -1.98. The summed E-state index contributed by atoms with van der Waals surface area (Å²) in [4.78, 5) is 23.0. The monoisotopic (exact) mass is 297 g/mol. The lowest BCUT2D eigenvalue weighted by Crippen LogP contribution is -2.36. The summed E-state index contributed by atoms with van der Waals surface area (Å²) in [6, 6.07) is 3.21. The number of amides is 1. The number of hydrogen-bond acceptors (Lipinski definition) is 2. The normalized spacial score (nSPS) is 22.8. The van der Waals surface area contributed by atoms with Crippen LogP contribution in [0, 0.1) is 17.6 Å². The highest BCUT2D eigenvalue weighted by Gasteiger charge is 2.32. The van der Waals surface area contributed by atoms with E-state index in [0.717, 1.165) is 12.1 Å². The molecule has 0 spiro atoms. The number of benzene rings is 1. The second-order valence-electron chi connectivity index (χ2n) is 5.41. The molecule has 1 aliphatic rings. The zero-order valence-electron chi connectivity index (χ0n) is 11.6. The Morgan fingerprint density at radius 3 is 2.43 bits per heavy atom. The van der Waals surface area contributed by atoms with Crippen molar-refractivity contribution in [2.45, 2.75) is 38.1 Å². The van der Waals surface area contributed by atoms with Crippen molar-refractivity contribution in [1.82, 2.24) is 5.32 Å². The van der Waals surface area contributed by atoms with Gasteiger partial charge in [-0.15, -0.1) is 0 Å². The maximum atomic E-state index is 13.6. The van der Waals surface area contributed by atoms with E-state index >= 15 is 0 Å². The summed E-state index contributed by atoms with van der Waals surface area (Å²) >= 11 is 0. The molecule has 1 saturated carbocycles. The van der Waals surface area contributed by atoms with Crippen LogP contribution in [-0.4, -0.2) is 23.0 Å². The molecule has 2 N–H and O–H groups in total. The van der Waals surface area contributed by atoms with Gasteiger partial charge < -0.3 is 10.4 Å². The average molecular weight is 297 g/mol. The molecule has 114 valence electrons. The van der Waals surface area contributed by atoms with E-state index in [1.165, 1.54) is 13.0 Å². The van der Waals surface area contributed by atoms with Gasteiger partial charge in [-0.05, 0) is 38.3 Å². The Morgan fingerprint density at radius 2 is 1.90 bits per heavy atom. The molecule has 1 aromatic rings. The van der Waals surface area contributed by atoms with Gasteiger partial charge in [-0.1, -0.05) is 6.07 Å². The lowest BCUT2D eigenvalue weighted by molar-refractivity contribution is -0.141. The molecule has 0 heterocycles. The molecule has 0 saturated heterocycles. The number of halogens is 2. The smallest absolute Gasteiger partial charge is 0.306 e. The fourth-order valence-electron chi connectivity index (χ4n) is 2.72. The van der Waals surface area contributed by atoms with E-state index in [0.29, 0.717) is 19.3 Å². The van der Waals surface area contributed by atoms with Crippen molar-refractivity contribution in [2.75, 3.05) is 0 Å². The van der Waals surface area contributed by atoms with Gasteiger partial charge in [-0.2, -0.15) is 0 Å². The summed E-state index contributed by atoms with van der Waals surface area (Å²) in [6.45, 7) is 1.43. The predicted octanol–water partition coefficient (Wildman–Crippen LogP) is 2.44. The Morgan fingerprint density at radius 1 is 1.29 bits per heavy atom. The van der Waals surface area contributed by atoms with Crippen LogP contribution >= 0.6 is 0 Å². The van der Waals surface area contributed by atoms with Crippen molar-refractivity contribution in [1.29, 1.82) is 0 Å². The molecule has 1 fully saturated rings. The molecule has 1 amide bonds. The standard InChI is InChI=1S/C15H17F2NO3/c1-8(13-11(16)3-2-4-12(13)17)14(19)18-10-6-5-9(7-10)15(20)21/h2-4,8-10H,5-7H2,1H3,(H,18,19)(H,20,21)/t8?,9-,10+/m0/s1. The van der Waals surface area contributed by atoms with E-state index in [-0.39, 0.29) is 11.6 Å². The minimum Gasteiger partial charge on any atom is -0.481 e. The molecule has 1 aliphatic carbocycles. The molecule has 2 rings (SSSR count). The highest BCUT2D eigenvalue weighted by atomic mass is 19.1. The fourth-order valence-corrected chi connectivity index (χ4v) is 2.72. The largest absolute Gasteiger partial charge is 0.481 e. The molecular weight excluding hydrogens is 280 g/mol. The van der Waals surface area contributed by atoms with Gasteiger partial charge >= 0.3 is 5.97 Å². The molecule has 0 radical (unpaired) electrons. The number of carboxylic acids is 1. The quantitative estimate of drug-likeness (QED) is 0.897. The Labute approximate surface area is 121 Å². The Bertz CT molecular complexity index is 542. The third-order valence-electron chi connectivity index (χ3n) is 3.95. The van der Waals surface area contributed by atoms with Crippen molar-refractivity contribution in [2.24, 2.45) is 5.92 Å². The molecule has 21 heavy (non-hydrogen) atoms. The zero-order valence-corrected chi connectivity index (χ0v) is 11.6. The molecule has 3 atom stereocenters. The number of nitrogens with one attached hydrogen (secondary N) is 1. The van der Waals surface area contributed by atoms with Gasteiger partial charge in [0.15, 0.2) is 0 Å². The summed E-state index contributed by atoms with van der Waals surface area (Å²) in [5.41, 5.74) is -0.261. The van der Waals surface area contributed by atoms with Crippen LogP contribution < -0.4 is 5.32 Å². The van der Waals surface area contributed by atoms with Crippen LogP contribution in [0.2, 0.25) is 0 Å². The predicted molar refractivity (Wildman–Crippen MR) is 71.7 cm³/mol. The number of rotatable bonds is 4. The SMILES string of the molecule is CC(C(=O)N[C@@H]1CC[C@H](C(=O)O)C1)c1c(F)cccc1F. The van der Waals surface area contributed by atoms with Crippen molar-refractivity contribution in [3.05, 3.63) is 35.4 Å². The third kappa shape index (κ3) is 3.37. The van der Waals surface area contributed by atoms with Gasteiger partial charge in [0.1, 0.15) is 11.6 Å². The van der Waals surface area contributed by atoms with Crippen LogP contribution in [0.1, 0.15) is 37.7 Å². The zero-order chi connectivity index (χ0) is 15.6. The summed E-state index contributed by atoms with van der Waals surface area (Å²) in [7, 11) is 0. The molecule has 6 heteroatoms. The molecular formula is C15H17F2NO3. The first-order valence-electron chi connectivity index (χ1n) is 6.87. The Balaban J connectivity index is 2.02. The van der Waals surface area contributed by atoms with E-state index in [1.54, 1.807) is 0 Å². The number of carboxylic acid groups (broad SMARTS) is 1. The second kappa shape index (κ2) is 6.20. The van der Waals surface area contributed by atoms with Crippen molar-refractivity contribution in [3.63, 3.8) is 0 Å². The van der Waals surface area contributed by atoms with Crippen LogP contribution in [0.25, 0.3) is 0 Å². The van der Waals surface area contributed by atoms with Gasteiger partial charge in [-0.3, -0.25) is 9.59 Å². The van der Waals surface area contributed by atoms with Crippen molar-refractivity contribution >= 4 is 11.9 Å². The fraction of sp³-hybridized carbons (Fsp3) is 0.467. The van der Waals surface area contributed by atoms with Crippen LogP contribution in [0.3, 0.4) is 0 Å². The maximum absolute atomic E-state index is 13.6. The van der Waals surface area contributed by atoms with Crippen LogP contribution in [0.15, 0.2) is 18.2 Å². The first-order valence-corrected chi connectivity index (χ1v) is 6.87. The highest BCUT2D eigenvalue weighted by molar-refractivity contribution is 5.83. The highest BCUT2D eigenvalue weighted by Crippen LogP contribution is 2.27. The van der Waals surface area contributed by atoms with Crippen LogP contribution in [0.4, 0.5) is 8.78 Å². The van der Waals surface area contributed by atoms with Gasteiger partial charge in [0.05, 0.1) is 11.8 Å². The van der Waals surface area contributed by atoms with Crippen molar-refractivity contribution < 1.29 is 23.5 Å². The van der Waals surface area contributed by atoms with Gasteiger partial charge in [0.2, 0.25) is 5.91 Å². The van der Waals surface area contributed by atoms with E-state index in [2.05, 4.69) is 5.32 Å². The third-order valence-corrected chi connectivity index (χ3v) is 3.95. The number of carbonyl (C=O) groups excluding carboxylic acids is 1. The van der Waals surface area contributed by atoms with E-state index in [4.69, 9.17) is 5.11 Å². The molecule has 0 aromatic heterocycles. The number of hydrogen-bond donors (Lipinski definition) is 2. The number of carbonyl (C=O) groups is 2. The summed E-state index contributed by atoms with van der Waals surface area (Å²) in [6.07, 6.45) is 1.42. The van der Waals surface area contributed by atoms with Gasteiger partial charge in [-0.25, -0.2) is 8.78 Å². The number of aliphatic carboxylic acids is 1. The second-order valence-corrected chi connectivity index (χ2v) is 5.41. The molecule has 0 bridgehead atoms. The molecule has 1 unspecified atom stereocenters. The molecule has 1 aromatic carbocycles. The van der Waals surface area contributed by atoms with Gasteiger partial charge in [0.25, 0.3) is 0 Å². The van der Waals surface area contributed by atoms with Crippen LogP contribution in [-0.2, 0) is 9.59 Å². The summed E-state index contributed by atoms with van der Waals surface area (Å²) in [5, 5.41) is 11.6. The lowest BCUT2D eigenvalue weighted by Gasteiger charge is -2.18. The minimum absolute atomic E-state index is 0.254. The maximum Gasteiger partial charge on any atom is 0.306 e. The first-order chi connectivity index (χ1) is 9.90. The topological polar surface area (TPSA) is 66.4 Å². The van der Waals surface area contributed by atoms with Crippen molar-refractivity contribution in [3.8, 4) is 0 Å². The average Bonchev–Trinajstić information content (AvgIpc) is 2.87. The minimum atomic E-state index is -0.963. The lowest BCUT2D eigenvalue weighted by atomic mass is 9.98. The summed E-state index contributed by atoms with van der Waals surface area (Å²) in [5.74, 6) is -4.30. The molecule has 0 aliphatic heterocycles.